The van der Waals surface area contributed by atoms with Crippen LogP contribution in [-0.2, 0) is 6.42 Å². The molecule has 0 fully saturated rings. The lowest BCUT2D eigenvalue weighted by molar-refractivity contribution is 0.102. The van der Waals surface area contributed by atoms with E-state index in [0.717, 1.165) is 23.4 Å². The van der Waals surface area contributed by atoms with Crippen LogP contribution in [0, 0.1) is 0 Å². The number of aromatic nitrogens is 2. The van der Waals surface area contributed by atoms with Gasteiger partial charge < -0.3 is 15.4 Å². The lowest BCUT2D eigenvalue weighted by Gasteiger charge is -2.13. The number of carbonyl (C=O) groups is 1. The fourth-order valence-electron chi connectivity index (χ4n) is 3.01. The monoisotopic (exact) mass is 390 g/mol. The zero-order chi connectivity index (χ0) is 20.6. The zero-order valence-corrected chi connectivity index (χ0v) is 17.0. The fraction of sp³-hybridized carbons (Fsp3) is 0.261. The molecule has 0 bridgehead atoms. The predicted molar refractivity (Wildman–Crippen MR) is 116 cm³/mol. The Labute approximate surface area is 171 Å². The molecule has 1 aromatic heterocycles. The summed E-state index contributed by atoms with van der Waals surface area (Å²) in [6.07, 6.45) is 0.826. The first-order chi connectivity index (χ1) is 14.1. The maximum absolute atomic E-state index is 12.5. The summed E-state index contributed by atoms with van der Waals surface area (Å²) in [5.41, 5.74) is 3.34. The topological polar surface area (TPSA) is 76.1 Å². The highest BCUT2D eigenvalue weighted by molar-refractivity contribution is 6.03. The van der Waals surface area contributed by atoms with Gasteiger partial charge in [-0.05, 0) is 53.8 Å². The Balaban J connectivity index is 1.56. The van der Waals surface area contributed by atoms with Gasteiger partial charge in [-0.1, -0.05) is 44.2 Å². The van der Waals surface area contributed by atoms with Gasteiger partial charge in [0.2, 0.25) is 0 Å². The second-order valence-electron chi connectivity index (χ2n) is 7.03. The number of rotatable bonds is 8. The molecule has 0 aliphatic carbocycles. The number of nitrogens with one attached hydrogen (secondary N) is 2. The molecule has 3 aromatic rings. The molecular weight excluding hydrogens is 364 g/mol. The Hall–Kier alpha value is -3.41. The minimum atomic E-state index is -0.270. The standard InChI is InChI=1S/C23H26N4O2/c1-16(2)19-9-4-5-10-20(19)25-23(28)21-11-12-22(27-26-21)24-14-13-17-7-6-8-18(15-17)29-3/h4-12,15-16H,13-14H2,1-3H3,(H,24,27)(H,25,28). The summed E-state index contributed by atoms with van der Waals surface area (Å²) < 4.78 is 5.24. The fourth-order valence-corrected chi connectivity index (χ4v) is 3.01. The van der Waals surface area contributed by atoms with Crippen molar-refractivity contribution in [2.45, 2.75) is 26.2 Å². The van der Waals surface area contributed by atoms with Crippen LogP contribution in [0.1, 0.15) is 41.4 Å². The van der Waals surface area contributed by atoms with E-state index in [-0.39, 0.29) is 11.6 Å². The van der Waals surface area contributed by atoms with Crippen molar-refractivity contribution in [2.24, 2.45) is 0 Å². The van der Waals surface area contributed by atoms with Crippen molar-refractivity contribution in [1.29, 1.82) is 0 Å². The molecule has 0 saturated carbocycles. The number of hydrogen-bond acceptors (Lipinski definition) is 5. The molecule has 0 radical (unpaired) electrons. The normalized spacial score (nSPS) is 10.6. The van der Waals surface area contributed by atoms with Gasteiger partial charge >= 0.3 is 0 Å². The minimum Gasteiger partial charge on any atom is -0.497 e. The van der Waals surface area contributed by atoms with E-state index in [1.165, 1.54) is 5.56 Å². The van der Waals surface area contributed by atoms with E-state index in [4.69, 9.17) is 4.74 Å². The van der Waals surface area contributed by atoms with Crippen LogP contribution in [0.3, 0.4) is 0 Å². The molecule has 0 unspecified atom stereocenters. The molecular formula is C23H26N4O2. The Morgan fingerprint density at radius 3 is 2.59 bits per heavy atom. The second-order valence-corrected chi connectivity index (χ2v) is 7.03. The van der Waals surface area contributed by atoms with Crippen molar-refractivity contribution in [2.75, 3.05) is 24.3 Å². The SMILES string of the molecule is COc1cccc(CCNc2ccc(C(=O)Nc3ccccc3C(C)C)nn2)c1. The van der Waals surface area contributed by atoms with Crippen molar-refractivity contribution in [3.63, 3.8) is 0 Å². The number of anilines is 2. The van der Waals surface area contributed by atoms with Crippen LogP contribution in [0.2, 0.25) is 0 Å². The van der Waals surface area contributed by atoms with Gasteiger partial charge in [0.05, 0.1) is 7.11 Å². The summed E-state index contributed by atoms with van der Waals surface area (Å²) in [7, 11) is 1.66. The average Bonchev–Trinajstić information content (AvgIpc) is 2.74. The molecule has 1 heterocycles. The van der Waals surface area contributed by atoms with Crippen LogP contribution in [0.4, 0.5) is 11.5 Å². The number of benzene rings is 2. The van der Waals surface area contributed by atoms with E-state index < -0.39 is 0 Å². The van der Waals surface area contributed by atoms with Crippen LogP contribution in [-0.4, -0.2) is 29.8 Å². The highest BCUT2D eigenvalue weighted by Crippen LogP contribution is 2.24. The smallest absolute Gasteiger partial charge is 0.276 e. The third kappa shape index (κ3) is 5.54. The van der Waals surface area contributed by atoms with Gasteiger partial charge in [-0.2, -0.15) is 0 Å². The van der Waals surface area contributed by atoms with Crippen LogP contribution in [0.25, 0.3) is 0 Å². The Morgan fingerprint density at radius 1 is 1.03 bits per heavy atom. The van der Waals surface area contributed by atoms with E-state index in [9.17, 15) is 4.79 Å². The first kappa shape index (κ1) is 20.3. The van der Waals surface area contributed by atoms with Crippen LogP contribution in [0.5, 0.6) is 5.75 Å². The Bertz CT molecular complexity index is 955. The first-order valence-electron chi connectivity index (χ1n) is 9.67. The molecule has 0 saturated heterocycles. The first-order valence-corrected chi connectivity index (χ1v) is 9.67. The van der Waals surface area contributed by atoms with E-state index in [0.29, 0.717) is 18.3 Å². The molecule has 2 aromatic carbocycles. The third-order valence-corrected chi connectivity index (χ3v) is 4.58. The lowest BCUT2D eigenvalue weighted by Crippen LogP contribution is -2.16. The second kappa shape index (κ2) is 9.68. The number of para-hydroxylation sites is 1. The Morgan fingerprint density at radius 2 is 1.86 bits per heavy atom. The van der Waals surface area contributed by atoms with Crippen molar-refractivity contribution < 1.29 is 9.53 Å². The zero-order valence-electron chi connectivity index (χ0n) is 17.0. The summed E-state index contributed by atoms with van der Waals surface area (Å²) in [4.78, 5) is 12.5. The maximum atomic E-state index is 12.5. The number of ether oxygens (including phenoxy) is 1. The van der Waals surface area contributed by atoms with E-state index in [1.807, 2.05) is 42.5 Å². The van der Waals surface area contributed by atoms with Crippen molar-refractivity contribution in [3.05, 3.63) is 77.5 Å². The van der Waals surface area contributed by atoms with Crippen molar-refractivity contribution in [3.8, 4) is 5.75 Å². The molecule has 1 amide bonds. The Kier molecular flexibility index (Phi) is 6.79. The van der Waals surface area contributed by atoms with Crippen LogP contribution < -0.4 is 15.4 Å². The summed E-state index contributed by atoms with van der Waals surface area (Å²) in [6.45, 7) is 4.89. The summed E-state index contributed by atoms with van der Waals surface area (Å²) in [5, 5.41) is 14.3. The summed E-state index contributed by atoms with van der Waals surface area (Å²) in [6, 6.07) is 19.2. The predicted octanol–water partition coefficient (Wildman–Crippen LogP) is 4.52. The van der Waals surface area contributed by atoms with Gasteiger partial charge in [0.15, 0.2) is 5.69 Å². The van der Waals surface area contributed by atoms with Gasteiger partial charge in [0, 0.05) is 12.2 Å². The maximum Gasteiger partial charge on any atom is 0.276 e. The third-order valence-electron chi connectivity index (χ3n) is 4.58. The average molecular weight is 390 g/mol. The highest BCUT2D eigenvalue weighted by atomic mass is 16.5. The number of methoxy groups -OCH3 is 1. The molecule has 6 nitrogen and oxygen atoms in total. The summed E-state index contributed by atoms with van der Waals surface area (Å²) >= 11 is 0. The molecule has 0 aliphatic heterocycles. The molecule has 0 spiro atoms. The van der Waals surface area contributed by atoms with Crippen LogP contribution >= 0.6 is 0 Å². The van der Waals surface area contributed by atoms with E-state index in [1.54, 1.807) is 19.2 Å². The number of nitrogens with zero attached hydrogens (tertiary/aromatic N) is 2. The lowest BCUT2D eigenvalue weighted by atomic mass is 10.0. The molecule has 6 heteroatoms. The quantitative estimate of drug-likeness (QED) is 0.592. The van der Waals surface area contributed by atoms with Crippen molar-refractivity contribution in [1.82, 2.24) is 10.2 Å². The van der Waals surface area contributed by atoms with Gasteiger partial charge in [0.25, 0.3) is 5.91 Å². The number of carbonyl (C=O) groups excluding carboxylic acids is 1. The molecule has 29 heavy (non-hydrogen) atoms. The van der Waals surface area contributed by atoms with Gasteiger partial charge in [-0.3, -0.25) is 4.79 Å². The largest absolute Gasteiger partial charge is 0.497 e. The molecule has 0 aliphatic rings. The van der Waals surface area contributed by atoms with Crippen LogP contribution in [0.15, 0.2) is 60.7 Å². The highest BCUT2D eigenvalue weighted by Gasteiger charge is 2.12. The number of hydrogen-bond donors (Lipinski definition) is 2. The minimum absolute atomic E-state index is 0.270. The molecule has 2 N–H and O–H groups in total. The molecule has 0 atom stereocenters. The summed E-state index contributed by atoms with van der Waals surface area (Å²) in [5.74, 6) is 1.52. The van der Waals surface area contributed by atoms with E-state index >= 15 is 0 Å². The molecule has 150 valence electrons. The number of amides is 1. The molecule has 3 rings (SSSR count). The van der Waals surface area contributed by atoms with Crippen molar-refractivity contribution >= 4 is 17.4 Å². The van der Waals surface area contributed by atoms with Gasteiger partial charge in [-0.25, -0.2) is 0 Å². The van der Waals surface area contributed by atoms with Gasteiger partial charge in [0.1, 0.15) is 11.6 Å². The van der Waals surface area contributed by atoms with E-state index in [2.05, 4.69) is 40.7 Å². The van der Waals surface area contributed by atoms with Gasteiger partial charge in [-0.15, -0.1) is 10.2 Å².